The van der Waals surface area contributed by atoms with Gasteiger partial charge in [0.25, 0.3) is 5.91 Å². The molecule has 1 aliphatic heterocycles. The quantitative estimate of drug-likeness (QED) is 0.926. The van der Waals surface area contributed by atoms with E-state index in [0.717, 1.165) is 18.4 Å². The number of hydrogen-bond acceptors (Lipinski definition) is 3. The number of carbonyl (C=O) groups excluding carboxylic acids is 1. The van der Waals surface area contributed by atoms with Gasteiger partial charge in [-0.25, -0.2) is 4.79 Å². The van der Waals surface area contributed by atoms with E-state index in [-0.39, 0.29) is 23.1 Å². The number of carboxylic acids is 1. The Kier molecular flexibility index (Phi) is 4.57. The van der Waals surface area contributed by atoms with Gasteiger partial charge in [0, 0.05) is 32.3 Å². The topological polar surface area (TPSA) is 75.4 Å². The molecule has 6 nitrogen and oxygen atoms in total. The first kappa shape index (κ1) is 16.5. The summed E-state index contributed by atoms with van der Waals surface area (Å²) in [6.07, 6.45) is 3.38. The lowest BCUT2D eigenvalue weighted by Crippen LogP contribution is -2.39. The summed E-state index contributed by atoms with van der Waals surface area (Å²) in [5.74, 6) is -1.01. The van der Waals surface area contributed by atoms with Crippen LogP contribution in [0.1, 0.15) is 45.2 Å². The molecule has 0 radical (unpaired) electrons. The zero-order valence-corrected chi connectivity index (χ0v) is 14.0. The molecule has 0 saturated carbocycles. The Balaban J connectivity index is 1.79. The zero-order valence-electron chi connectivity index (χ0n) is 13.3. The third-order valence-electron chi connectivity index (χ3n) is 4.30. The average Bonchev–Trinajstić information content (AvgIpc) is 2.92. The van der Waals surface area contributed by atoms with Gasteiger partial charge in [-0.3, -0.25) is 9.48 Å². The van der Waals surface area contributed by atoms with Crippen LogP contribution in [0.3, 0.4) is 0 Å². The van der Waals surface area contributed by atoms with E-state index in [4.69, 9.17) is 16.7 Å². The Morgan fingerprint density at radius 1 is 1.38 bits per heavy atom. The third-order valence-corrected chi connectivity index (χ3v) is 4.58. The molecule has 3 rings (SSSR count). The fraction of sp³-hybridized carbons (Fsp3) is 0.353. The summed E-state index contributed by atoms with van der Waals surface area (Å²) in [6.45, 7) is 1.19. The zero-order chi connectivity index (χ0) is 17.3. The van der Waals surface area contributed by atoms with Gasteiger partial charge in [0.2, 0.25) is 0 Å². The minimum atomic E-state index is -0.944. The Hall–Kier alpha value is -2.34. The van der Waals surface area contributed by atoms with Crippen molar-refractivity contribution in [1.82, 2.24) is 14.7 Å². The van der Waals surface area contributed by atoms with Gasteiger partial charge in [0.05, 0.1) is 10.6 Å². The summed E-state index contributed by atoms with van der Waals surface area (Å²) in [5, 5.41) is 13.6. The van der Waals surface area contributed by atoms with Crippen LogP contribution in [-0.4, -0.2) is 44.8 Å². The van der Waals surface area contributed by atoms with Crippen molar-refractivity contribution in [1.29, 1.82) is 0 Å². The van der Waals surface area contributed by atoms with Crippen LogP contribution >= 0.6 is 11.6 Å². The van der Waals surface area contributed by atoms with Crippen molar-refractivity contribution in [2.24, 2.45) is 7.05 Å². The van der Waals surface area contributed by atoms with Gasteiger partial charge in [0.1, 0.15) is 0 Å². The number of aromatic nitrogens is 2. The molecule has 1 aliphatic rings. The van der Waals surface area contributed by atoms with Crippen molar-refractivity contribution >= 4 is 23.5 Å². The fourth-order valence-electron chi connectivity index (χ4n) is 3.11. The fourth-order valence-corrected chi connectivity index (χ4v) is 3.37. The minimum absolute atomic E-state index is 0.115. The molecule has 1 fully saturated rings. The number of benzene rings is 1. The smallest absolute Gasteiger partial charge is 0.335 e. The highest BCUT2D eigenvalue weighted by Crippen LogP contribution is 2.29. The Morgan fingerprint density at radius 3 is 2.83 bits per heavy atom. The maximum atomic E-state index is 12.7. The third kappa shape index (κ3) is 3.28. The van der Waals surface area contributed by atoms with Crippen molar-refractivity contribution in [3.8, 4) is 0 Å². The predicted molar refractivity (Wildman–Crippen MR) is 89.5 cm³/mol. The Labute approximate surface area is 144 Å². The number of nitrogens with zero attached hydrogens (tertiary/aromatic N) is 3. The minimum Gasteiger partial charge on any atom is -0.478 e. The molecule has 1 aromatic heterocycles. The number of rotatable bonds is 3. The second kappa shape index (κ2) is 6.65. The average molecular weight is 348 g/mol. The summed E-state index contributed by atoms with van der Waals surface area (Å²) >= 11 is 6.07. The first-order valence-electron chi connectivity index (χ1n) is 7.77. The molecule has 1 aromatic carbocycles. The van der Waals surface area contributed by atoms with Gasteiger partial charge >= 0.3 is 5.97 Å². The summed E-state index contributed by atoms with van der Waals surface area (Å²) in [4.78, 5) is 25.5. The van der Waals surface area contributed by atoms with Crippen LogP contribution in [-0.2, 0) is 7.05 Å². The summed E-state index contributed by atoms with van der Waals surface area (Å²) in [5.41, 5.74) is 1.47. The van der Waals surface area contributed by atoms with E-state index in [1.54, 1.807) is 36.3 Å². The molecule has 24 heavy (non-hydrogen) atoms. The number of carboxylic acid groups (broad SMARTS) is 1. The molecular formula is C17H18ClN3O3. The molecule has 1 amide bonds. The van der Waals surface area contributed by atoms with Crippen LogP contribution in [0.5, 0.6) is 0 Å². The predicted octanol–water partition coefficient (Wildman–Crippen LogP) is 2.79. The van der Waals surface area contributed by atoms with Crippen LogP contribution in [0.2, 0.25) is 5.02 Å². The highest BCUT2D eigenvalue weighted by atomic mass is 35.5. The monoisotopic (exact) mass is 347 g/mol. The van der Waals surface area contributed by atoms with Gasteiger partial charge < -0.3 is 10.0 Å². The van der Waals surface area contributed by atoms with E-state index in [1.165, 1.54) is 4.68 Å². The molecular weight excluding hydrogens is 330 g/mol. The standard InChI is InChI=1S/C17H18ClN3O3/c1-20-10-14(18)15(19-20)16(22)21-7-3-6-13(9-21)11-4-2-5-12(8-11)17(23)24/h2,4-5,8,10,13H,3,6-7,9H2,1H3,(H,23,24). The van der Waals surface area contributed by atoms with Crippen LogP contribution in [0.15, 0.2) is 30.5 Å². The summed E-state index contributed by atoms with van der Waals surface area (Å²) in [7, 11) is 1.72. The van der Waals surface area contributed by atoms with Crippen LogP contribution in [0.25, 0.3) is 0 Å². The SMILES string of the molecule is Cn1cc(Cl)c(C(=O)N2CCCC(c3cccc(C(=O)O)c3)C2)n1. The van der Waals surface area contributed by atoms with Crippen LogP contribution in [0, 0.1) is 0 Å². The maximum absolute atomic E-state index is 12.7. The van der Waals surface area contributed by atoms with Gasteiger partial charge in [-0.05, 0) is 30.5 Å². The first-order valence-corrected chi connectivity index (χ1v) is 8.15. The molecule has 0 aliphatic carbocycles. The number of likely N-dealkylation sites (tertiary alicyclic amines) is 1. The molecule has 2 heterocycles. The van der Waals surface area contributed by atoms with Gasteiger partial charge in [-0.2, -0.15) is 5.10 Å². The van der Waals surface area contributed by atoms with Crippen molar-refractivity contribution in [3.05, 3.63) is 52.3 Å². The number of amides is 1. The van der Waals surface area contributed by atoms with E-state index in [2.05, 4.69) is 5.10 Å². The maximum Gasteiger partial charge on any atom is 0.335 e. The molecule has 0 spiro atoms. The molecule has 1 unspecified atom stereocenters. The molecule has 1 atom stereocenters. The van der Waals surface area contributed by atoms with E-state index in [1.807, 2.05) is 6.07 Å². The first-order chi connectivity index (χ1) is 11.5. The molecule has 1 saturated heterocycles. The summed E-state index contributed by atoms with van der Waals surface area (Å²) < 4.78 is 1.52. The van der Waals surface area contributed by atoms with E-state index in [0.29, 0.717) is 18.1 Å². The number of aromatic carboxylic acids is 1. The lowest BCUT2D eigenvalue weighted by atomic mass is 9.89. The van der Waals surface area contributed by atoms with E-state index < -0.39 is 5.97 Å². The largest absolute Gasteiger partial charge is 0.478 e. The molecule has 0 bridgehead atoms. The molecule has 1 N–H and O–H groups in total. The molecule has 2 aromatic rings. The lowest BCUT2D eigenvalue weighted by Gasteiger charge is -2.32. The van der Waals surface area contributed by atoms with Crippen molar-refractivity contribution in [2.75, 3.05) is 13.1 Å². The number of piperidine rings is 1. The number of hydrogen-bond donors (Lipinski definition) is 1. The van der Waals surface area contributed by atoms with Gasteiger partial charge in [0.15, 0.2) is 5.69 Å². The number of halogens is 1. The van der Waals surface area contributed by atoms with Crippen molar-refractivity contribution < 1.29 is 14.7 Å². The van der Waals surface area contributed by atoms with Crippen LogP contribution < -0.4 is 0 Å². The Bertz CT molecular complexity index is 787. The highest BCUT2D eigenvalue weighted by Gasteiger charge is 2.28. The van der Waals surface area contributed by atoms with Crippen LogP contribution in [0.4, 0.5) is 0 Å². The number of carbonyl (C=O) groups is 2. The normalized spacial score (nSPS) is 17.8. The molecule has 126 valence electrons. The van der Waals surface area contributed by atoms with Crippen molar-refractivity contribution in [2.45, 2.75) is 18.8 Å². The van der Waals surface area contributed by atoms with E-state index >= 15 is 0 Å². The van der Waals surface area contributed by atoms with Gasteiger partial charge in [-0.1, -0.05) is 23.7 Å². The van der Waals surface area contributed by atoms with E-state index in [9.17, 15) is 9.59 Å². The molecule has 7 heteroatoms. The number of aryl methyl sites for hydroxylation is 1. The lowest BCUT2D eigenvalue weighted by molar-refractivity contribution is 0.0685. The Morgan fingerprint density at radius 2 is 2.17 bits per heavy atom. The second-order valence-electron chi connectivity index (χ2n) is 6.02. The van der Waals surface area contributed by atoms with Gasteiger partial charge in [-0.15, -0.1) is 0 Å². The second-order valence-corrected chi connectivity index (χ2v) is 6.43. The van der Waals surface area contributed by atoms with Crippen molar-refractivity contribution in [3.63, 3.8) is 0 Å². The summed E-state index contributed by atoms with van der Waals surface area (Å²) in [6, 6.07) is 6.92. The highest BCUT2D eigenvalue weighted by molar-refractivity contribution is 6.33.